The summed E-state index contributed by atoms with van der Waals surface area (Å²) in [4.78, 5) is 41.6. The summed E-state index contributed by atoms with van der Waals surface area (Å²) in [7, 11) is 0. The molecule has 1 unspecified atom stereocenters. The number of fused-ring (bicyclic) bond motifs is 1. The van der Waals surface area contributed by atoms with Crippen molar-refractivity contribution < 1.29 is 47.3 Å². The van der Waals surface area contributed by atoms with Crippen molar-refractivity contribution in [3.63, 3.8) is 0 Å². The number of rotatable bonds is 4. The van der Waals surface area contributed by atoms with Crippen LogP contribution in [0, 0.1) is 11.6 Å². The van der Waals surface area contributed by atoms with Gasteiger partial charge in [-0.3, -0.25) is 19.0 Å². The minimum absolute atomic E-state index is 0.290. The Morgan fingerprint density at radius 2 is 1.83 bits per heavy atom. The first-order valence-corrected chi connectivity index (χ1v) is 8.50. The highest BCUT2D eigenvalue weighted by Gasteiger charge is 2.75. The molecule has 1 aliphatic heterocycles. The van der Waals surface area contributed by atoms with Crippen molar-refractivity contribution in [2.75, 3.05) is 6.61 Å². The summed E-state index contributed by atoms with van der Waals surface area (Å²) < 4.78 is 56.6. The number of imidazole rings is 1. The summed E-state index contributed by atoms with van der Waals surface area (Å²) in [5, 5.41) is 33.0. The van der Waals surface area contributed by atoms with Gasteiger partial charge in [0.2, 0.25) is 11.2 Å². The molecule has 0 radical (unpaired) electrons. The number of aromatic nitrogens is 2. The number of aliphatic hydroxyl groups is 3. The van der Waals surface area contributed by atoms with Crippen molar-refractivity contribution in [3.8, 4) is 0 Å². The third kappa shape index (κ3) is 2.53. The topological polar surface area (TPSA) is 139 Å². The van der Waals surface area contributed by atoms with Gasteiger partial charge in [0.15, 0.2) is 40.8 Å². The van der Waals surface area contributed by atoms with Gasteiger partial charge in [0, 0.05) is 4.11 Å². The van der Waals surface area contributed by atoms with Crippen molar-refractivity contribution in [3.05, 3.63) is 29.1 Å². The fourth-order valence-electron chi connectivity index (χ4n) is 3.54. The molecule has 3 rings (SSSR count). The van der Waals surface area contributed by atoms with Crippen LogP contribution in [0.15, 0.2) is 12.4 Å². The van der Waals surface area contributed by atoms with Crippen LogP contribution in [-0.4, -0.2) is 65.6 Å². The molecule has 0 bridgehead atoms. The highest BCUT2D eigenvalue weighted by atomic mass is 35.5. The average Bonchev–Trinajstić information content (AvgIpc) is 3.22. The zero-order valence-corrected chi connectivity index (χ0v) is 15.8. The van der Waals surface area contributed by atoms with E-state index in [0.717, 1.165) is 12.4 Å². The molecule has 162 valence electrons. The summed E-state index contributed by atoms with van der Waals surface area (Å²) in [5.41, 5.74) is -11.9. The predicted octanol–water partition coefficient (Wildman–Crippen LogP) is 0.457. The van der Waals surface area contributed by atoms with Crippen LogP contribution in [0.3, 0.4) is 0 Å². The summed E-state index contributed by atoms with van der Waals surface area (Å²) in [6.45, 7) is -5.20. The molecule has 0 saturated carbocycles. The van der Waals surface area contributed by atoms with Gasteiger partial charge in [-0.05, 0) is 26.8 Å². The van der Waals surface area contributed by atoms with Crippen LogP contribution in [0.25, 0.3) is 11.0 Å². The number of nitrogens with zero attached hydrogens (tertiary/aromatic N) is 2. The second-order valence-corrected chi connectivity index (χ2v) is 7.18. The number of carbonyl (C=O) groups is 3. The highest BCUT2D eigenvalue weighted by molar-refractivity contribution is 6.31. The maximum Gasteiger partial charge on any atom is 0.207 e. The fourth-order valence-corrected chi connectivity index (χ4v) is 3.73. The van der Waals surface area contributed by atoms with E-state index in [1.54, 1.807) is 0 Å². The van der Waals surface area contributed by atoms with Crippen molar-refractivity contribution >= 4 is 40.0 Å². The van der Waals surface area contributed by atoms with E-state index in [0.29, 0.717) is 4.57 Å². The molecule has 4 atom stereocenters. The molecule has 0 spiro atoms. The molecule has 1 aromatic carbocycles. The minimum atomic E-state index is -3.79. The number of hydrogen-bond acceptors (Lipinski definition) is 8. The van der Waals surface area contributed by atoms with Crippen LogP contribution in [0.5, 0.6) is 0 Å². The van der Waals surface area contributed by atoms with Gasteiger partial charge in [-0.2, -0.15) is 0 Å². The predicted molar refractivity (Wildman–Crippen MR) is 96.5 cm³/mol. The lowest BCUT2D eigenvalue weighted by atomic mass is 9.63. The summed E-state index contributed by atoms with van der Waals surface area (Å²) in [5.74, 6) is -8.05. The number of ketones is 3. The highest BCUT2D eigenvalue weighted by Crippen LogP contribution is 2.48. The maximum atomic E-state index is 14.7. The lowest BCUT2D eigenvalue weighted by Crippen LogP contribution is -2.82. The molecule has 0 amide bonds. The largest absolute Gasteiger partial charge is 0.376 e. The number of benzene rings is 1. The van der Waals surface area contributed by atoms with Crippen LogP contribution in [0.1, 0.15) is 31.0 Å². The van der Waals surface area contributed by atoms with Gasteiger partial charge in [0.25, 0.3) is 0 Å². The Kier molecular flexibility index (Phi) is 4.22. The van der Waals surface area contributed by atoms with Crippen LogP contribution in [0.4, 0.5) is 8.78 Å². The van der Waals surface area contributed by atoms with E-state index in [4.69, 9.17) is 20.5 Å². The molecule has 1 aliphatic rings. The van der Waals surface area contributed by atoms with E-state index in [2.05, 4.69) is 4.98 Å². The first-order valence-electron chi connectivity index (χ1n) is 10.2. The zero-order valence-electron chi connectivity index (χ0n) is 18.1. The smallest absolute Gasteiger partial charge is 0.207 e. The summed E-state index contributed by atoms with van der Waals surface area (Å²) in [6.07, 6.45) is -1.58. The third-order valence-corrected chi connectivity index (χ3v) is 5.47. The number of ether oxygens (including phenoxy) is 1. The van der Waals surface area contributed by atoms with Gasteiger partial charge < -0.3 is 20.1 Å². The lowest BCUT2D eigenvalue weighted by Gasteiger charge is -2.54. The Morgan fingerprint density at radius 1 is 1.20 bits per heavy atom. The minimum Gasteiger partial charge on any atom is -0.376 e. The van der Waals surface area contributed by atoms with E-state index in [9.17, 15) is 38.5 Å². The number of halogens is 3. The van der Waals surface area contributed by atoms with Crippen LogP contribution in [0.2, 0.25) is 5.02 Å². The molecular weight excluding hydrogens is 430 g/mol. The van der Waals surface area contributed by atoms with Crippen molar-refractivity contribution in [1.29, 1.82) is 0 Å². The Balaban J connectivity index is 2.39. The Labute approximate surface area is 177 Å². The standard InChI is InChI=1S/C18H17ClF2N2O7/c1-7(24)16(27)5-30-15(17(28,8(2)25)18(16,29)9(3)26)23-6-22-11-4-10(19)12(20)13(21)14(11)23/h4,6,15,27-29H,5H2,1-3H3/t15?,16-,17-,18+/m0/s1/i1D,2D,3D. The Hall–Kier alpha value is -2.31. The fraction of sp³-hybridized carbons (Fsp3) is 0.444. The first kappa shape index (κ1) is 18.5. The average molecular weight is 450 g/mol. The molecule has 0 aliphatic carbocycles. The number of Topliss-reactive ketones (excluding diaryl/α,β-unsaturated/α-hetero) is 3. The van der Waals surface area contributed by atoms with Crippen molar-refractivity contribution in [1.82, 2.24) is 9.55 Å². The van der Waals surface area contributed by atoms with Crippen LogP contribution in [-0.2, 0) is 19.1 Å². The number of hydrogen-bond donors (Lipinski definition) is 3. The molecule has 30 heavy (non-hydrogen) atoms. The van der Waals surface area contributed by atoms with Gasteiger partial charge in [-0.15, -0.1) is 0 Å². The maximum absolute atomic E-state index is 14.7. The van der Waals surface area contributed by atoms with E-state index < -0.39 is 89.9 Å². The van der Waals surface area contributed by atoms with Gasteiger partial charge in [0.05, 0.1) is 23.5 Å². The molecular formula is C18H17ClF2N2O7. The molecule has 3 N–H and O–H groups in total. The van der Waals surface area contributed by atoms with Gasteiger partial charge in [0.1, 0.15) is 5.52 Å². The summed E-state index contributed by atoms with van der Waals surface area (Å²) in [6, 6.07) is 0.904. The van der Waals surface area contributed by atoms with Crippen LogP contribution < -0.4 is 0 Å². The molecule has 12 heteroatoms. The van der Waals surface area contributed by atoms with Gasteiger partial charge in [-0.25, -0.2) is 13.8 Å². The Morgan fingerprint density at radius 3 is 2.43 bits per heavy atom. The normalized spacial score (nSPS) is 33.0. The monoisotopic (exact) mass is 449 g/mol. The Bertz CT molecular complexity index is 1170. The van der Waals surface area contributed by atoms with Gasteiger partial charge in [-0.1, -0.05) is 11.6 Å². The van der Waals surface area contributed by atoms with E-state index >= 15 is 0 Å². The van der Waals surface area contributed by atoms with Crippen molar-refractivity contribution in [2.45, 2.75) is 43.7 Å². The molecule has 1 aromatic heterocycles. The van der Waals surface area contributed by atoms with E-state index in [-0.39, 0.29) is 5.52 Å². The SMILES string of the molecule is [2H]CC(=O)[C@@]1(O)[C@@](O)(C(=O)C[2H])COC(n2cnc3cc(Cl)c(F)c(F)c32)[C@@]1(O)C(=O)C[2H]. The second kappa shape index (κ2) is 6.86. The van der Waals surface area contributed by atoms with E-state index in [1.165, 1.54) is 0 Å². The summed E-state index contributed by atoms with van der Waals surface area (Å²) >= 11 is 5.59. The third-order valence-electron chi connectivity index (χ3n) is 5.20. The zero-order chi connectivity index (χ0) is 24.9. The first-order chi connectivity index (χ1) is 15.4. The quantitative estimate of drug-likeness (QED) is 0.572. The van der Waals surface area contributed by atoms with E-state index in [1.807, 2.05) is 0 Å². The van der Waals surface area contributed by atoms with Crippen molar-refractivity contribution in [2.24, 2.45) is 0 Å². The molecule has 1 saturated heterocycles. The molecule has 9 nitrogen and oxygen atoms in total. The molecule has 2 aromatic rings. The molecule has 2 heterocycles. The molecule has 1 fully saturated rings. The second-order valence-electron chi connectivity index (χ2n) is 6.78. The lowest BCUT2D eigenvalue weighted by molar-refractivity contribution is -0.310. The van der Waals surface area contributed by atoms with Crippen LogP contribution >= 0.6 is 11.6 Å². The number of carbonyl (C=O) groups excluding carboxylic acids is 3. The van der Waals surface area contributed by atoms with Gasteiger partial charge >= 0.3 is 0 Å².